The predicted molar refractivity (Wildman–Crippen MR) is 58.2 cm³/mol. The van der Waals surface area contributed by atoms with Gasteiger partial charge in [-0.3, -0.25) is 0 Å². The van der Waals surface area contributed by atoms with Crippen LogP contribution in [-0.2, 0) is 4.79 Å². The lowest BCUT2D eigenvalue weighted by Gasteiger charge is -2.31. The largest absolute Gasteiger partial charge is 0.393 e. The zero-order valence-electron chi connectivity index (χ0n) is 9.92. The molecular formula is C11H23NO2. The van der Waals surface area contributed by atoms with Crippen molar-refractivity contribution in [2.24, 2.45) is 5.41 Å². The van der Waals surface area contributed by atoms with Gasteiger partial charge in [-0.05, 0) is 27.2 Å². The molecule has 0 aromatic heterocycles. The van der Waals surface area contributed by atoms with Crippen molar-refractivity contribution in [3.05, 3.63) is 0 Å². The highest BCUT2D eigenvalue weighted by Crippen LogP contribution is 2.15. The molecule has 0 aliphatic heterocycles. The van der Waals surface area contributed by atoms with Crippen molar-refractivity contribution in [2.45, 2.75) is 52.7 Å². The Balaban J connectivity index is 4.04. The minimum Gasteiger partial charge on any atom is -0.393 e. The molecule has 3 heteroatoms. The van der Waals surface area contributed by atoms with Gasteiger partial charge in [0.15, 0.2) is 0 Å². The Labute approximate surface area is 86.9 Å². The van der Waals surface area contributed by atoms with Gasteiger partial charge in [-0.1, -0.05) is 13.8 Å². The van der Waals surface area contributed by atoms with E-state index >= 15 is 0 Å². The van der Waals surface area contributed by atoms with Crippen LogP contribution in [0, 0.1) is 5.41 Å². The van der Waals surface area contributed by atoms with Crippen molar-refractivity contribution in [3.63, 3.8) is 0 Å². The molecule has 0 saturated heterocycles. The van der Waals surface area contributed by atoms with Crippen molar-refractivity contribution in [2.75, 3.05) is 6.54 Å². The van der Waals surface area contributed by atoms with E-state index in [4.69, 9.17) is 0 Å². The van der Waals surface area contributed by atoms with Crippen LogP contribution in [0.4, 0.5) is 0 Å². The van der Waals surface area contributed by atoms with Crippen molar-refractivity contribution < 1.29 is 9.90 Å². The maximum absolute atomic E-state index is 10.7. The van der Waals surface area contributed by atoms with E-state index in [0.29, 0.717) is 13.0 Å². The van der Waals surface area contributed by atoms with Gasteiger partial charge in [-0.25, -0.2) is 0 Å². The second-order valence-electron chi connectivity index (χ2n) is 5.40. The van der Waals surface area contributed by atoms with Crippen LogP contribution in [0.15, 0.2) is 0 Å². The van der Waals surface area contributed by atoms with E-state index in [2.05, 4.69) is 5.32 Å². The lowest BCUT2D eigenvalue weighted by atomic mass is 9.91. The van der Waals surface area contributed by atoms with Crippen molar-refractivity contribution >= 4 is 6.29 Å². The normalized spacial score (nSPS) is 15.3. The first-order valence-corrected chi connectivity index (χ1v) is 5.08. The van der Waals surface area contributed by atoms with E-state index in [1.54, 1.807) is 6.92 Å². The van der Waals surface area contributed by atoms with Crippen molar-refractivity contribution in [1.29, 1.82) is 0 Å². The summed E-state index contributed by atoms with van der Waals surface area (Å²) >= 11 is 0. The third-order valence-electron chi connectivity index (χ3n) is 2.15. The highest BCUT2D eigenvalue weighted by molar-refractivity contribution is 5.58. The lowest BCUT2D eigenvalue weighted by molar-refractivity contribution is -0.114. The number of nitrogens with one attached hydrogen (secondary N) is 1. The first kappa shape index (κ1) is 13.6. The second kappa shape index (κ2) is 4.89. The van der Waals surface area contributed by atoms with E-state index < -0.39 is 0 Å². The Morgan fingerprint density at radius 1 is 1.36 bits per heavy atom. The molecule has 0 fully saturated rings. The van der Waals surface area contributed by atoms with Crippen LogP contribution in [0.5, 0.6) is 0 Å². The average Bonchev–Trinajstić information content (AvgIpc) is 1.99. The monoisotopic (exact) mass is 201 g/mol. The minimum atomic E-state index is -0.337. The minimum absolute atomic E-state index is 0.131. The van der Waals surface area contributed by atoms with Gasteiger partial charge in [0.1, 0.15) is 6.29 Å². The van der Waals surface area contributed by atoms with E-state index in [1.165, 1.54) is 0 Å². The molecule has 0 saturated carbocycles. The molecule has 0 aliphatic rings. The Hall–Kier alpha value is -0.410. The van der Waals surface area contributed by atoms with Crippen LogP contribution < -0.4 is 5.32 Å². The summed E-state index contributed by atoms with van der Waals surface area (Å²) in [4.78, 5) is 10.7. The summed E-state index contributed by atoms with van der Waals surface area (Å²) in [5.74, 6) is 0. The van der Waals surface area contributed by atoms with Crippen molar-refractivity contribution in [1.82, 2.24) is 5.32 Å². The van der Waals surface area contributed by atoms with Gasteiger partial charge < -0.3 is 15.2 Å². The summed E-state index contributed by atoms with van der Waals surface area (Å²) in [7, 11) is 0. The van der Waals surface area contributed by atoms with Gasteiger partial charge in [0.05, 0.1) is 6.10 Å². The molecule has 0 amide bonds. The third kappa shape index (κ3) is 6.11. The molecule has 0 aromatic carbocycles. The van der Waals surface area contributed by atoms with Gasteiger partial charge in [0, 0.05) is 17.5 Å². The van der Waals surface area contributed by atoms with E-state index in [0.717, 1.165) is 6.29 Å². The van der Waals surface area contributed by atoms with Gasteiger partial charge in [0.25, 0.3) is 0 Å². The van der Waals surface area contributed by atoms with E-state index in [9.17, 15) is 9.90 Å². The maximum Gasteiger partial charge on any atom is 0.126 e. The number of hydrogen-bond acceptors (Lipinski definition) is 3. The molecule has 0 radical (unpaired) electrons. The first-order valence-electron chi connectivity index (χ1n) is 5.08. The zero-order valence-corrected chi connectivity index (χ0v) is 9.92. The lowest BCUT2D eigenvalue weighted by Crippen LogP contribution is -2.46. The highest BCUT2D eigenvalue weighted by Gasteiger charge is 2.24. The Bertz CT molecular complexity index is 186. The number of aliphatic hydroxyl groups is 1. The molecule has 0 spiro atoms. The van der Waals surface area contributed by atoms with Gasteiger partial charge in [-0.2, -0.15) is 0 Å². The molecule has 0 rings (SSSR count). The number of aliphatic hydroxyl groups excluding tert-OH is 1. The molecule has 0 heterocycles. The average molecular weight is 201 g/mol. The quantitative estimate of drug-likeness (QED) is 0.638. The second-order valence-corrected chi connectivity index (χ2v) is 5.40. The molecule has 0 aromatic rings. The van der Waals surface area contributed by atoms with Gasteiger partial charge >= 0.3 is 0 Å². The topological polar surface area (TPSA) is 49.3 Å². The molecule has 0 aliphatic carbocycles. The zero-order chi connectivity index (χ0) is 11.4. The number of carbonyl (C=O) groups is 1. The fourth-order valence-electron chi connectivity index (χ4n) is 1.32. The molecule has 1 unspecified atom stereocenters. The summed E-state index contributed by atoms with van der Waals surface area (Å²) in [5.41, 5.74) is -0.468. The Kier molecular flexibility index (Phi) is 4.75. The molecule has 0 bridgehead atoms. The SMILES string of the molecule is CC(O)CC(C)(C)NCC(C)(C)C=O. The smallest absolute Gasteiger partial charge is 0.126 e. The van der Waals surface area contributed by atoms with E-state index in [1.807, 2.05) is 27.7 Å². The fraction of sp³-hybridized carbons (Fsp3) is 0.909. The highest BCUT2D eigenvalue weighted by atomic mass is 16.3. The van der Waals surface area contributed by atoms with Crippen LogP contribution in [0.1, 0.15) is 41.0 Å². The van der Waals surface area contributed by atoms with Crippen molar-refractivity contribution in [3.8, 4) is 0 Å². The first-order chi connectivity index (χ1) is 6.18. The Morgan fingerprint density at radius 3 is 2.21 bits per heavy atom. The number of carbonyl (C=O) groups excluding carboxylic acids is 1. The van der Waals surface area contributed by atoms with Crippen LogP contribution in [-0.4, -0.2) is 29.6 Å². The predicted octanol–water partition coefficient (Wildman–Crippen LogP) is 1.35. The number of hydrogen-bond donors (Lipinski definition) is 2. The number of rotatable bonds is 6. The van der Waals surface area contributed by atoms with Gasteiger partial charge in [-0.15, -0.1) is 0 Å². The third-order valence-corrected chi connectivity index (χ3v) is 2.15. The summed E-state index contributed by atoms with van der Waals surface area (Å²) in [5, 5.41) is 12.6. The Morgan fingerprint density at radius 2 is 1.86 bits per heavy atom. The van der Waals surface area contributed by atoms with Crippen LogP contribution in [0.3, 0.4) is 0 Å². The van der Waals surface area contributed by atoms with Crippen LogP contribution in [0.25, 0.3) is 0 Å². The molecule has 2 N–H and O–H groups in total. The van der Waals surface area contributed by atoms with Crippen LogP contribution >= 0.6 is 0 Å². The fourth-order valence-corrected chi connectivity index (χ4v) is 1.32. The summed E-state index contributed by atoms with van der Waals surface area (Å²) in [6.45, 7) is 10.3. The number of aldehydes is 1. The van der Waals surface area contributed by atoms with E-state index in [-0.39, 0.29) is 17.1 Å². The van der Waals surface area contributed by atoms with Gasteiger partial charge in [0.2, 0.25) is 0 Å². The maximum atomic E-state index is 10.7. The molecular weight excluding hydrogens is 178 g/mol. The summed E-state index contributed by atoms with van der Waals surface area (Å²) in [6, 6.07) is 0. The summed E-state index contributed by atoms with van der Waals surface area (Å²) < 4.78 is 0. The summed E-state index contributed by atoms with van der Waals surface area (Å²) in [6.07, 6.45) is 1.32. The molecule has 1 atom stereocenters. The van der Waals surface area contributed by atoms with Crippen LogP contribution in [0.2, 0.25) is 0 Å². The molecule has 14 heavy (non-hydrogen) atoms. The molecule has 84 valence electrons. The standard InChI is InChI=1S/C11H23NO2/c1-9(14)6-11(4,5)12-7-10(2,3)8-13/h8-9,12,14H,6-7H2,1-5H3. The molecule has 3 nitrogen and oxygen atoms in total.